The Morgan fingerprint density at radius 2 is 1.81 bits per heavy atom. The van der Waals surface area contributed by atoms with Crippen LogP contribution in [-0.2, 0) is 4.79 Å². The molecule has 0 saturated carbocycles. The highest BCUT2D eigenvalue weighted by molar-refractivity contribution is 6.30. The molecule has 0 aliphatic carbocycles. The molecule has 10 heteroatoms. The van der Waals surface area contributed by atoms with Crippen LogP contribution in [0.2, 0.25) is 5.02 Å². The largest absolute Gasteiger partial charge is 0.391 e. The van der Waals surface area contributed by atoms with Gasteiger partial charge in [0.25, 0.3) is 0 Å². The first-order valence-corrected chi connectivity index (χ1v) is 11.2. The lowest BCUT2D eigenvalue weighted by molar-refractivity contribution is -0.139. The lowest BCUT2D eigenvalue weighted by Crippen LogP contribution is -2.58. The first-order valence-electron chi connectivity index (χ1n) is 10.8. The Hall–Kier alpha value is -2.62. The maximum Gasteiger partial charge on any atom is 0.322 e. The second kappa shape index (κ2) is 9.48. The van der Waals surface area contributed by atoms with Crippen molar-refractivity contribution < 1.29 is 14.7 Å². The van der Waals surface area contributed by atoms with E-state index in [1.54, 1.807) is 29.2 Å². The van der Waals surface area contributed by atoms with Crippen LogP contribution in [0.4, 0.5) is 10.5 Å². The van der Waals surface area contributed by atoms with Gasteiger partial charge in [-0.15, -0.1) is 0 Å². The fraction of sp³-hybridized carbons (Fsp3) is 0.500. The number of aliphatic hydroxyl groups excluding tert-OH is 1. The van der Waals surface area contributed by atoms with Crippen LogP contribution in [0.1, 0.15) is 20.3 Å². The molecule has 2 fully saturated rings. The zero-order chi connectivity index (χ0) is 22.8. The molecule has 0 bridgehead atoms. The number of aliphatic imine (C=N–C) groups is 1. The molecule has 2 N–H and O–H groups in total. The van der Waals surface area contributed by atoms with E-state index in [1.165, 1.54) is 4.90 Å². The molecule has 2 saturated heterocycles. The molecule has 1 aromatic carbocycles. The number of carbonyl (C=O) groups is 2. The molecule has 1 aromatic rings. The Morgan fingerprint density at radius 3 is 2.47 bits per heavy atom. The molecule has 3 heterocycles. The van der Waals surface area contributed by atoms with Crippen LogP contribution in [0.15, 0.2) is 41.0 Å². The number of nitrogens with zero attached hydrogens (tertiary/aromatic N) is 5. The monoisotopic (exact) mass is 460 g/mol. The highest BCUT2D eigenvalue weighted by Crippen LogP contribution is 2.23. The minimum absolute atomic E-state index is 0.118. The van der Waals surface area contributed by atoms with E-state index < -0.39 is 18.2 Å². The summed E-state index contributed by atoms with van der Waals surface area (Å²) < 4.78 is 0. The summed E-state index contributed by atoms with van der Waals surface area (Å²) >= 11 is 5.90. The third kappa shape index (κ3) is 4.90. The predicted octanol–water partition coefficient (Wildman–Crippen LogP) is 2.00. The Kier molecular flexibility index (Phi) is 6.68. The number of hydrogen-bond donors (Lipinski definition) is 2. The van der Waals surface area contributed by atoms with Gasteiger partial charge in [0.15, 0.2) is 0 Å². The molecular formula is C22H29ClN6O3. The molecule has 32 heavy (non-hydrogen) atoms. The zero-order valence-electron chi connectivity index (χ0n) is 18.4. The van der Waals surface area contributed by atoms with E-state index in [2.05, 4.69) is 33.3 Å². The van der Waals surface area contributed by atoms with E-state index in [9.17, 15) is 14.7 Å². The summed E-state index contributed by atoms with van der Waals surface area (Å²) in [4.78, 5) is 33.8. The third-order valence-corrected chi connectivity index (χ3v) is 6.36. The van der Waals surface area contributed by atoms with Crippen LogP contribution in [0.25, 0.3) is 0 Å². The summed E-state index contributed by atoms with van der Waals surface area (Å²) in [5.41, 5.74) is 2.74. The normalized spacial score (nSPS) is 24.3. The minimum atomic E-state index is -0.719. The molecular weight excluding hydrogens is 432 g/mol. The molecule has 9 nitrogen and oxygen atoms in total. The van der Waals surface area contributed by atoms with E-state index >= 15 is 0 Å². The van der Waals surface area contributed by atoms with Crippen molar-refractivity contribution in [3.63, 3.8) is 0 Å². The van der Waals surface area contributed by atoms with Gasteiger partial charge in [-0.05, 0) is 44.2 Å². The standard InChI is InChI=1S/C22H29ClN6O3/c1-15-11-16(2)29(14-24-15)27-9-7-26(8-10-27)21(31)20-12-19(30)13-28(20)22(32)25-18-5-3-17(23)4-6-18/h3-6,11,19-20,30H,7-10,12-14H2,1-2H3,(H,25,32)/t19-,20-/m1/s1. The quantitative estimate of drug-likeness (QED) is 0.720. The number of carbonyl (C=O) groups excluding carboxylic acids is 2. The number of anilines is 1. The number of allylic oxidation sites excluding steroid dienone is 2. The Labute approximate surface area is 192 Å². The van der Waals surface area contributed by atoms with E-state index in [1.807, 2.05) is 6.92 Å². The van der Waals surface area contributed by atoms with E-state index in [-0.39, 0.29) is 18.9 Å². The van der Waals surface area contributed by atoms with Crippen LogP contribution in [-0.4, -0.2) is 94.1 Å². The minimum Gasteiger partial charge on any atom is -0.391 e. The number of rotatable bonds is 3. The van der Waals surface area contributed by atoms with Gasteiger partial charge < -0.3 is 20.2 Å². The van der Waals surface area contributed by atoms with E-state index in [0.717, 1.165) is 11.4 Å². The summed E-state index contributed by atoms with van der Waals surface area (Å²) in [5, 5.41) is 17.9. The van der Waals surface area contributed by atoms with Crippen LogP contribution in [0, 0.1) is 0 Å². The molecule has 2 atom stereocenters. The second-order valence-electron chi connectivity index (χ2n) is 8.40. The first-order chi connectivity index (χ1) is 15.3. The number of benzene rings is 1. The number of urea groups is 1. The van der Waals surface area contributed by atoms with Gasteiger partial charge >= 0.3 is 6.03 Å². The van der Waals surface area contributed by atoms with E-state index in [4.69, 9.17) is 11.6 Å². The van der Waals surface area contributed by atoms with Gasteiger partial charge in [0.05, 0.1) is 6.10 Å². The fourth-order valence-corrected chi connectivity index (χ4v) is 4.52. The van der Waals surface area contributed by atoms with Crippen LogP contribution < -0.4 is 5.32 Å². The van der Waals surface area contributed by atoms with Crippen LogP contribution in [0.3, 0.4) is 0 Å². The molecule has 3 aliphatic heterocycles. The van der Waals surface area contributed by atoms with Gasteiger partial charge in [-0.2, -0.15) is 0 Å². The number of likely N-dealkylation sites (tertiary alicyclic amines) is 1. The van der Waals surface area contributed by atoms with Crippen LogP contribution in [0.5, 0.6) is 0 Å². The van der Waals surface area contributed by atoms with E-state index in [0.29, 0.717) is 43.6 Å². The van der Waals surface area contributed by atoms with Crippen molar-refractivity contribution in [1.29, 1.82) is 0 Å². The molecule has 3 amide bonds. The van der Waals surface area contributed by atoms with Gasteiger partial charge in [0, 0.05) is 61.3 Å². The molecule has 0 aromatic heterocycles. The molecule has 0 spiro atoms. The maximum absolute atomic E-state index is 13.3. The number of halogens is 1. The summed E-state index contributed by atoms with van der Waals surface area (Å²) in [6, 6.07) is 5.70. The van der Waals surface area contributed by atoms with Crippen molar-refractivity contribution in [1.82, 2.24) is 19.8 Å². The lowest BCUT2D eigenvalue weighted by atomic mass is 10.1. The number of hydrogen-bond acceptors (Lipinski definition) is 6. The number of amides is 3. The predicted molar refractivity (Wildman–Crippen MR) is 123 cm³/mol. The van der Waals surface area contributed by atoms with Crippen molar-refractivity contribution in [2.24, 2.45) is 4.99 Å². The van der Waals surface area contributed by atoms with Crippen molar-refractivity contribution in [3.8, 4) is 0 Å². The van der Waals surface area contributed by atoms with Gasteiger partial charge in [-0.3, -0.25) is 14.8 Å². The zero-order valence-corrected chi connectivity index (χ0v) is 19.1. The molecule has 0 unspecified atom stereocenters. The summed E-state index contributed by atoms with van der Waals surface area (Å²) in [6.45, 7) is 7.28. The average molecular weight is 461 g/mol. The molecule has 4 rings (SSSR count). The van der Waals surface area contributed by atoms with Crippen molar-refractivity contribution in [2.75, 3.05) is 44.7 Å². The summed E-state index contributed by atoms with van der Waals surface area (Å²) in [5.74, 6) is -0.118. The SMILES string of the molecule is CC1=CC(C)=NCN1N1CCN(C(=O)[C@H]2C[C@@H](O)CN2C(=O)Nc2ccc(Cl)cc2)CC1. The van der Waals surface area contributed by atoms with Crippen molar-refractivity contribution >= 4 is 34.9 Å². The van der Waals surface area contributed by atoms with Crippen LogP contribution >= 0.6 is 11.6 Å². The molecule has 172 valence electrons. The molecule has 0 radical (unpaired) electrons. The number of hydrazine groups is 1. The number of aliphatic hydroxyl groups is 1. The highest BCUT2D eigenvalue weighted by atomic mass is 35.5. The topological polar surface area (TPSA) is 91.7 Å². The fourth-order valence-electron chi connectivity index (χ4n) is 4.39. The second-order valence-corrected chi connectivity index (χ2v) is 8.84. The Morgan fingerprint density at radius 1 is 1.12 bits per heavy atom. The number of β-amino-alcohol motifs (C(OH)–C–C–N with tert-alkyl or cyclic N) is 1. The average Bonchev–Trinajstić information content (AvgIpc) is 3.17. The highest BCUT2D eigenvalue weighted by Gasteiger charge is 2.41. The summed E-state index contributed by atoms with van der Waals surface area (Å²) in [7, 11) is 0. The van der Waals surface area contributed by atoms with Crippen molar-refractivity contribution in [2.45, 2.75) is 32.4 Å². The third-order valence-electron chi connectivity index (χ3n) is 6.11. The van der Waals surface area contributed by atoms with Gasteiger partial charge in [0.1, 0.15) is 12.7 Å². The Bertz CT molecular complexity index is 926. The molecule has 3 aliphatic rings. The lowest BCUT2D eigenvalue weighted by Gasteiger charge is -2.43. The first kappa shape index (κ1) is 22.6. The smallest absolute Gasteiger partial charge is 0.322 e. The van der Waals surface area contributed by atoms with Gasteiger partial charge in [-0.1, -0.05) is 11.6 Å². The van der Waals surface area contributed by atoms with Gasteiger partial charge in [0.2, 0.25) is 5.91 Å². The summed E-state index contributed by atoms with van der Waals surface area (Å²) in [6.07, 6.45) is 1.58. The number of nitrogens with one attached hydrogen (secondary N) is 1. The maximum atomic E-state index is 13.3. The van der Waals surface area contributed by atoms with Gasteiger partial charge in [-0.25, -0.2) is 9.80 Å². The van der Waals surface area contributed by atoms with Crippen molar-refractivity contribution in [3.05, 3.63) is 41.1 Å². The Balaban J connectivity index is 1.36. The number of piperazine rings is 1.